The van der Waals surface area contributed by atoms with Crippen LogP contribution in [-0.2, 0) is 0 Å². The molecule has 4 heteroatoms. The minimum atomic E-state index is 0.681. The first-order valence-corrected chi connectivity index (χ1v) is 15.7. The van der Waals surface area contributed by atoms with Crippen molar-refractivity contribution in [2.75, 3.05) is 0 Å². The van der Waals surface area contributed by atoms with Gasteiger partial charge in [-0.2, -0.15) is 0 Å². The molecule has 0 radical (unpaired) electrons. The minimum absolute atomic E-state index is 0.681. The first kappa shape index (κ1) is 23.9. The Labute approximate surface area is 256 Å². The number of nitrogens with zero attached hydrogens (tertiary/aromatic N) is 3. The van der Waals surface area contributed by atoms with Crippen LogP contribution in [0.4, 0.5) is 0 Å². The average Bonchev–Trinajstić information content (AvgIpc) is 3.63. The lowest BCUT2D eigenvalue weighted by Gasteiger charge is -2.14. The monoisotopic (exact) mass is 577 g/mol. The predicted octanol–water partition coefficient (Wildman–Crippen LogP) is 11.1. The van der Waals surface area contributed by atoms with Crippen LogP contribution in [0.15, 0.2) is 140 Å². The van der Waals surface area contributed by atoms with Crippen LogP contribution in [0.2, 0.25) is 0 Å². The molecule has 44 heavy (non-hydrogen) atoms. The average molecular weight is 578 g/mol. The van der Waals surface area contributed by atoms with Gasteiger partial charge in [-0.3, -0.25) is 4.57 Å². The van der Waals surface area contributed by atoms with E-state index in [-0.39, 0.29) is 0 Å². The summed E-state index contributed by atoms with van der Waals surface area (Å²) in [7, 11) is 0. The summed E-state index contributed by atoms with van der Waals surface area (Å²) in [6.07, 6.45) is 0. The van der Waals surface area contributed by atoms with Crippen LogP contribution in [0.25, 0.3) is 91.6 Å². The molecule has 0 aliphatic carbocycles. The van der Waals surface area contributed by atoms with E-state index in [0.717, 1.165) is 33.2 Å². The molecule has 7 aromatic carbocycles. The van der Waals surface area contributed by atoms with Crippen molar-refractivity contribution < 1.29 is 0 Å². The van der Waals surface area contributed by atoms with Gasteiger partial charge in [0, 0.05) is 41.9 Å². The number of para-hydroxylation sites is 2. The number of hydrogen-bond donors (Lipinski definition) is 0. The van der Waals surface area contributed by atoms with E-state index < -0.39 is 0 Å². The van der Waals surface area contributed by atoms with Gasteiger partial charge in [-0.05, 0) is 51.9 Å². The Morgan fingerprint density at radius 2 is 1.14 bits per heavy atom. The Morgan fingerprint density at radius 1 is 0.455 bits per heavy atom. The third-order valence-electron chi connectivity index (χ3n) is 8.99. The molecule has 0 atom stereocenters. The molecule has 0 saturated heterocycles. The van der Waals surface area contributed by atoms with Gasteiger partial charge in [-0.25, -0.2) is 9.97 Å². The zero-order valence-electron chi connectivity index (χ0n) is 23.5. The van der Waals surface area contributed by atoms with Crippen molar-refractivity contribution in [1.82, 2.24) is 14.5 Å². The van der Waals surface area contributed by atoms with Gasteiger partial charge in [0.1, 0.15) is 0 Å². The number of hydrogen-bond acceptors (Lipinski definition) is 3. The molecule has 3 nitrogen and oxygen atoms in total. The number of fused-ring (bicyclic) bond motifs is 11. The van der Waals surface area contributed by atoms with E-state index in [4.69, 9.17) is 9.97 Å². The summed E-state index contributed by atoms with van der Waals surface area (Å²) in [5.74, 6) is 0.681. The van der Waals surface area contributed by atoms with E-state index in [2.05, 4.69) is 144 Å². The molecular formula is C40H23N3S. The van der Waals surface area contributed by atoms with Crippen molar-refractivity contribution in [3.05, 3.63) is 140 Å². The fourth-order valence-electron chi connectivity index (χ4n) is 7.11. The first-order valence-electron chi connectivity index (χ1n) is 14.8. The van der Waals surface area contributed by atoms with E-state index in [1.165, 1.54) is 52.5 Å². The van der Waals surface area contributed by atoms with Crippen molar-refractivity contribution in [2.45, 2.75) is 0 Å². The topological polar surface area (TPSA) is 30.7 Å². The SMILES string of the molecule is c1ccc2c(c1)ccc1c2c2ccccc2n1-c1nc(-c2cc3sc4ccccc4c3c3ccccc23)c2ccccc2n1. The van der Waals surface area contributed by atoms with Crippen LogP contribution in [0.3, 0.4) is 0 Å². The van der Waals surface area contributed by atoms with Crippen molar-refractivity contribution >= 4 is 85.8 Å². The van der Waals surface area contributed by atoms with Gasteiger partial charge in [0.15, 0.2) is 0 Å². The highest BCUT2D eigenvalue weighted by molar-refractivity contribution is 7.26. The number of rotatable bonds is 2. The summed E-state index contributed by atoms with van der Waals surface area (Å²) in [4.78, 5) is 10.7. The molecule has 204 valence electrons. The summed E-state index contributed by atoms with van der Waals surface area (Å²) in [6.45, 7) is 0. The predicted molar refractivity (Wildman–Crippen MR) is 187 cm³/mol. The van der Waals surface area contributed by atoms with E-state index in [0.29, 0.717) is 5.95 Å². The van der Waals surface area contributed by atoms with Gasteiger partial charge in [0.25, 0.3) is 0 Å². The molecule has 0 spiro atoms. The minimum Gasteiger partial charge on any atom is -0.278 e. The van der Waals surface area contributed by atoms with E-state index in [1.54, 1.807) is 0 Å². The highest BCUT2D eigenvalue weighted by Crippen LogP contribution is 2.44. The Balaban J connectivity index is 1.35. The molecule has 0 unspecified atom stereocenters. The summed E-state index contributed by atoms with van der Waals surface area (Å²) in [5.41, 5.74) is 5.22. The fraction of sp³-hybridized carbons (Fsp3) is 0. The summed E-state index contributed by atoms with van der Waals surface area (Å²) < 4.78 is 4.82. The summed E-state index contributed by atoms with van der Waals surface area (Å²) >= 11 is 1.85. The van der Waals surface area contributed by atoms with Gasteiger partial charge in [-0.15, -0.1) is 11.3 Å². The number of thiophene rings is 1. The van der Waals surface area contributed by atoms with Gasteiger partial charge in [0.05, 0.1) is 22.2 Å². The fourth-order valence-corrected chi connectivity index (χ4v) is 8.27. The normalized spacial score (nSPS) is 12.1. The maximum Gasteiger partial charge on any atom is 0.235 e. The molecule has 3 heterocycles. The smallest absolute Gasteiger partial charge is 0.235 e. The standard InChI is InChI=1S/C40H23N3S/c1-2-12-25-24(11-1)21-22-34-37(25)29-16-6-9-19-33(29)43(34)40-41-32-18-8-5-15-28(32)39(42-40)31-23-36-38(27-14-4-3-13-26(27)31)30-17-7-10-20-35(30)44-36/h1-23H. The van der Waals surface area contributed by atoms with Gasteiger partial charge in [-0.1, -0.05) is 109 Å². The van der Waals surface area contributed by atoms with Crippen LogP contribution in [0.1, 0.15) is 0 Å². The highest BCUT2D eigenvalue weighted by atomic mass is 32.1. The lowest BCUT2D eigenvalue weighted by molar-refractivity contribution is 1.01. The van der Waals surface area contributed by atoms with Crippen LogP contribution in [0, 0.1) is 0 Å². The zero-order valence-corrected chi connectivity index (χ0v) is 24.3. The highest BCUT2D eigenvalue weighted by Gasteiger charge is 2.20. The zero-order chi connectivity index (χ0) is 28.8. The third-order valence-corrected chi connectivity index (χ3v) is 10.1. The van der Waals surface area contributed by atoms with Crippen LogP contribution in [-0.4, -0.2) is 14.5 Å². The molecule has 0 aliphatic heterocycles. The molecule has 0 N–H and O–H groups in total. The van der Waals surface area contributed by atoms with E-state index in [9.17, 15) is 0 Å². The molecule has 0 bridgehead atoms. The van der Waals surface area contributed by atoms with Gasteiger partial charge >= 0.3 is 0 Å². The van der Waals surface area contributed by atoms with Crippen LogP contribution >= 0.6 is 11.3 Å². The molecule has 0 amide bonds. The maximum absolute atomic E-state index is 5.46. The lowest BCUT2D eigenvalue weighted by atomic mass is 9.96. The van der Waals surface area contributed by atoms with Crippen molar-refractivity contribution in [1.29, 1.82) is 0 Å². The third kappa shape index (κ3) is 3.26. The maximum atomic E-state index is 5.46. The lowest BCUT2D eigenvalue weighted by Crippen LogP contribution is -2.03. The Morgan fingerprint density at radius 3 is 2.02 bits per heavy atom. The largest absolute Gasteiger partial charge is 0.278 e. The Hall–Kier alpha value is -5.58. The second-order valence-corrected chi connectivity index (χ2v) is 12.4. The van der Waals surface area contributed by atoms with Gasteiger partial charge < -0.3 is 0 Å². The molecule has 3 aromatic heterocycles. The van der Waals surface area contributed by atoms with Gasteiger partial charge in [0.2, 0.25) is 5.95 Å². The molecule has 10 rings (SSSR count). The number of aromatic nitrogens is 3. The van der Waals surface area contributed by atoms with Crippen molar-refractivity contribution in [3.63, 3.8) is 0 Å². The van der Waals surface area contributed by atoms with Crippen molar-refractivity contribution in [3.8, 4) is 17.2 Å². The van der Waals surface area contributed by atoms with Crippen LogP contribution in [0.5, 0.6) is 0 Å². The summed E-state index contributed by atoms with van der Waals surface area (Å²) in [6, 6.07) is 49.9. The molecular weight excluding hydrogens is 555 g/mol. The molecule has 0 aliphatic rings. The second kappa shape index (κ2) is 8.96. The van der Waals surface area contributed by atoms with E-state index >= 15 is 0 Å². The first-order chi connectivity index (χ1) is 21.8. The second-order valence-electron chi connectivity index (χ2n) is 11.4. The van der Waals surface area contributed by atoms with Crippen molar-refractivity contribution in [2.24, 2.45) is 0 Å². The quantitative estimate of drug-likeness (QED) is 0.205. The van der Waals surface area contributed by atoms with Crippen LogP contribution < -0.4 is 0 Å². The number of benzene rings is 7. The Bertz CT molecular complexity index is 2790. The molecule has 0 saturated carbocycles. The molecule has 10 aromatic rings. The molecule has 0 fully saturated rings. The summed E-state index contributed by atoms with van der Waals surface area (Å²) in [5, 5.41) is 11.0. The van der Waals surface area contributed by atoms with E-state index in [1.807, 2.05) is 11.3 Å². The Kier molecular flexibility index (Phi) is 4.87.